The van der Waals surface area contributed by atoms with Gasteiger partial charge in [-0.3, -0.25) is 0 Å². The van der Waals surface area contributed by atoms with Gasteiger partial charge in [-0.25, -0.2) is 0 Å². The second-order valence-electron chi connectivity index (χ2n) is 3.90. The van der Waals surface area contributed by atoms with Crippen molar-refractivity contribution in [1.29, 1.82) is 0 Å². The van der Waals surface area contributed by atoms with Gasteiger partial charge in [0.1, 0.15) is 0 Å². The first kappa shape index (κ1) is 11.0. The summed E-state index contributed by atoms with van der Waals surface area (Å²) in [4.78, 5) is 1.20. The first-order valence-electron chi connectivity index (χ1n) is 5.30. The van der Waals surface area contributed by atoms with E-state index in [9.17, 15) is 0 Å². The van der Waals surface area contributed by atoms with Crippen molar-refractivity contribution in [1.82, 2.24) is 0 Å². The van der Waals surface area contributed by atoms with Crippen molar-refractivity contribution >= 4 is 22.7 Å². The lowest BCUT2D eigenvalue weighted by Gasteiger charge is -2.10. The number of aryl methyl sites for hydroxylation is 1. The van der Waals surface area contributed by atoms with Crippen LogP contribution in [-0.4, -0.2) is 0 Å². The van der Waals surface area contributed by atoms with Crippen LogP contribution in [0.15, 0.2) is 29.6 Å². The van der Waals surface area contributed by atoms with E-state index in [0.29, 0.717) is 0 Å². The van der Waals surface area contributed by atoms with Gasteiger partial charge in [0, 0.05) is 16.3 Å². The van der Waals surface area contributed by atoms with Crippen LogP contribution in [0, 0.1) is 13.8 Å². The lowest BCUT2D eigenvalue weighted by Crippen LogP contribution is -2.02. The molecule has 0 saturated heterocycles. The molecule has 0 unspecified atom stereocenters. The van der Waals surface area contributed by atoms with Crippen LogP contribution in [0.5, 0.6) is 0 Å². The number of nitrogens with one attached hydrogen (secondary N) is 1. The van der Waals surface area contributed by atoms with Crippen molar-refractivity contribution in [3.05, 3.63) is 45.6 Å². The normalized spacial score (nSPS) is 10.4. The van der Waals surface area contributed by atoms with Crippen molar-refractivity contribution in [3.8, 4) is 0 Å². The molecule has 0 aliphatic heterocycles. The quantitative estimate of drug-likeness (QED) is 0.849. The van der Waals surface area contributed by atoms with Crippen LogP contribution < -0.4 is 11.1 Å². The Labute approximate surface area is 100 Å². The molecule has 1 aromatic heterocycles. The molecule has 0 aliphatic rings. The maximum Gasteiger partial charge on any atom is 0.0514 e. The van der Waals surface area contributed by atoms with Crippen molar-refractivity contribution in [2.45, 2.75) is 20.4 Å². The molecule has 0 bridgehead atoms. The van der Waals surface area contributed by atoms with E-state index in [0.717, 1.165) is 12.2 Å². The molecule has 1 heterocycles. The molecule has 2 nitrogen and oxygen atoms in total. The summed E-state index contributed by atoms with van der Waals surface area (Å²) < 4.78 is 0. The lowest BCUT2D eigenvalue weighted by molar-refractivity contribution is 1.17. The summed E-state index contributed by atoms with van der Waals surface area (Å²) in [7, 11) is 0. The van der Waals surface area contributed by atoms with Gasteiger partial charge in [-0.1, -0.05) is 12.1 Å². The number of benzene rings is 1. The van der Waals surface area contributed by atoms with Gasteiger partial charge >= 0.3 is 0 Å². The molecule has 0 amide bonds. The van der Waals surface area contributed by atoms with Gasteiger partial charge in [0.05, 0.1) is 6.54 Å². The second kappa shape index (κ2) is 4.58. The Kier molecular flexibility index (Phi) is 3.15. The number of nitrogens with two attached hydrogens (primary N) is 1. The molecule has 0 radical (unpaired) electrons. The summed E-state index contributed by atoms with van der Waals surface area (Å²) in [5.74, 6) is 0. The van der Waals surface area contributed by atoms with Crippen LogP contribution in [0.25, 0.3) is 0 Å². The Morgan fingerprint density at radius 3 is 2.75 bits per heavy atom. The number of nitrogen functional groups attached to an aromatic ring is 1. The topological polar surface area (TPSA) is 38.0 Å². The molecule has 0 spiro atoms. The van der Waals surface area contributed by atoms with Crippen molar-refractivity contribution in [3.63, 3.8) is 0 Å². The molecule has 0 saturated carbocycles. The monoisotopic (exact) mass is 232 g/mol. The van der Waals surface area contributed by atoms with Crippen LogP contribution in [0.4, 0.5) is 11.4 Å². The average molecular weight is 232 g/mol. The zero-order valence-corrected chi connectivity index (χ0v) is 10.4. The van der Waals surface area contributed by atoms with Gasteiger partial charge < -0.3 is 11.1 Å². The number of rotatable bonds is 3. The average Bonchev–Trinajstić information content (AvgIpc) is 2.67. The highest BCUT2D eigenvalue weighted by Crippen LogP contribution is 2.22. The zero-order chi connectivity index (χ0) is 11.5. The van der Waals surface area contributed by atoms with Crippen LogP contribution >= 0.6 is 11.3 Å². The first-order chi connectivity index (χ1) is 7.68. The second-order valence-corrected chi connectivity index (χ2v) is 4.90. The number of anilines is 2. The predicted octanol–water partition coefficient (Wildman–Crippen LogP) is 3.56. The number of hydrogen-bond donors (Lipinski definition) is 2. The largest absolute Gasteiger partial charge is 0.398 e. The van der Waals surface area contributed by atoms with E-state index in [2.05, 4.69) is 37.4 Å². The zero-order valence-electron chi connectivity index (χ0n) is 9.58. The summed E-state index contributed by atoms with van der Waals surface area (Å²) in [6.07, 6.45) is 0. The predicted molar refractivity (Wildman–Crippen MR) is 72.0 cm³/mol. The third-order valence-electron chi connectivity index (χ3n) is 2.82. The smallest absolute Gasteiger partial charge is 0.0514 e. The molecule has 84 valence electrons. The molecule has 2 aromatic rings. The molecular formula is C13H16N2S. The third-order valence-corrected chi connectivity index (χ3v) is 3.76. The van der Waals surface area contributed by atoms with E-state index < -0.39 is 0 Å². The van der Waals surface area contributed by atoms with E-state index in [4.69, 9.17) is 5.73 Å². The highest BCUT2D eigenvalue weighted by molar-refractivity contribution is 7.10. The minimum Gasteiger partial charge on any atom is -0.398 e. The maximum absolute atomic E-state index is 5.84. The van der Waals surface area contributed by atoms with Crippen LogP contribution in [0.3, 0.4) is 0 Å². The van der Waals surface area contributed by atoms with Crippen molar-refractivity contribution < 1.29 is 0 Å². The fourth-order valence-electron chi connectivity index (χ4n) is 1.61. The minimum atomic E-state index is 0.799. The van der Waals surface area contributed by atoms with Crippen LogP contribution in [0.1, 0.15) is 16.0 Å². The fraction of sp³-hybridized carbons (Fsp3) is 0.231. The van der Waals surface area contributed by atoms with E-state index >= 15 is 0 Å². The number of thiophene rings is 1. The molecule has 0 aliphatic carbocycles. The Morgan fingerprint density at radius 1 is 1.25 bits per heavy atom. The fourth-order valence-corrected chi connectivity index (χ4v) is 2.35. The molecular weight excluding hydrogens is 216 g/mol. The maximum atomic E-state index is 5.84. The molecule has 16 heavy (non-hydrogen) atoms. The summed E-state index contributed by atoms with van der Waals surface area (Å²) in [6.45, 7) is 5.06. The summed E-state index contributed by atoms with van der Waals surface area (Å²) in [6, 6.07) is 8.25. The van der Waals surface area contributed by atoms with Gasteiger partial charge in [-0.15, -0.1) is 11.3 Å². The molecule has 3 N–H and O–H groups in total. The molecule has 1 aromatic carbocycles. The van der Waals surface area contributed by atoms with Gasteiger partial charge in [0.2, 0.25) is 0 Å². The molecule has 0 fully saturated rings. The highest BCUT2D eigenvalue weighted by Gasteiger charge is 2.03. The van der Waals surface area contributed by atoms with Crippen molar-refractivity contribution in [2.75, 3.05) is 11.1 Å². The summed E-state index contributed by atoms with van der Waals surface area (Å²) in [5.41, 5.74) is 10.5. The standard InChI is InChI=1S/C13H16N2S/c1-9-4-3-5-12(10(9)2)15-8-13-11(14)6-7-16-13/h3-7,15H,8,14H2,1-2H3. The Balaban J connectivity index is 2.11. The van der Waals surface area contributed by atoms with Gasteiger partial charge in [0.25, 0.3) is 0 Å². The van der Waals surface area contributed by atoms with Gasteiger partial charge in [-0.05, 0) is 42.5 Å². The molecule has 0 atom stereocenters. The molecule has 3 heteroatoms. The van der Waals surface area contributed by atoms with Gasteiger partial charge in [0.15, 0.2) is 0 Å². The highest BCUT2D eigenvalue weighted by atomic mass is 32.1. The van der Waals surface area contributed by atoms with Crippen LogP contribution in [0.2, 0.25) is 0 Å². The van der Waals surface area contributed by atoms with E-state index in [-0.39, 0.29) is 0 Å². The Bertz CT molecular complexity index is 488. The van der Waals surface area contributed by atoms with Crippen LogP contribution in [-0.2, 0) is 6.54 Å². The minimum absolute atomic E-state index is 0.799. The Hall–Kier alpha value is -1.48. The Morgan fingerprint density at radius 2 is 2.06 bits per heavy atom. The summed E-state index contributed by atoms with van der Waals surface area (Å²) >= 11 is 1.69. The molecule has 2 rings (SSSR count). The van der Waals surface area contributed by atoms with Gasteiger partial charge in [-0.2, -0.15) is 0 Å². The SMILES string of the molecule is Cc1cccc(NCc2sccc2N)c1C. The lowest BCUT2D eigenvalue weighted by atomic mass is 10.1. The van der Waals surface area contributed by atoms with E-state index in [1.54, 1.807) is 11.3 Å². The first-order valence-corrected chi connectivity index (χ1v) is 6.18. The van der Waals surface area contributed by atoms with E-state index in [1.165, 1.54) is 21.7 Å². The number of hydrogen-bond acceptors (Lipinski definition) is 3. The third kappa shape index (κ3) is 2.19. The summed E-state index contributed by atoms with van der Waals surface area (Å²) in [5, 5.41) is 5.45. The van der Waals surface area contributed by atoms with Crippen molar-refractivity contribution in [2.24, 2.45) is 0 Å². The van der Waals surface area contributed by atoms with E-state index in [1.807, 2.05) is 11.4 Å².